The molecule has 0 unspecified atom stereocenters. The van der Waals surface area contributed by atoms with E-state index < -0.39 is 0 Å². The fraction of sp³-hybridized carbons (Fsp3) is 0.778. The predicted octanol–water partition coefficient (Wildman–Crippen LogP) is 2.23. The maximum atomic E-state index is 11.5. The van der Waals surface area contributed by atoms with Gasteiger partial charge < -0.3 is 9.47 Å². The number of carbonyl (C=O) groups is 1. The molecule has 1 atom stereocenters. The van der Waals surface area contributed by atoms with Gasteiger partial charge in [0.25, 0.3) is 0 Å². The van der Waals surface area contributed by atoms with E-state index in [-0.39, 0.29) is 12.1 Å². The zero-order valence-corrected chi connectivity index (χ0v) is 14.9. The molecule has 1 saturated carbocycles. The van der Waals surface area contributed by atoms with Crippen LogP contribution in [0.2, 0.25) is 0 Å². The molecule has 6 heteroatoms. The minimum absolute atomic E-state index is 0.0685. The summed E-state index contributed by atoms with van der Waals surface area (Å²) in [5, 5.41) is 4.77. The molecule has 24 heavy (non-hydrogen) atoms. The van der Waals surface area contributed by atoms with Crippen LogP contribution in [0.3, 0.4) is 0 Å². The van der Waals surface area contributed by atoms with Gasteiger partial charge in [0, 0.05) is 44.4 Å². The molecule has 0 bridgehead atoms. The number of aromatic nitrogens is 2. The summed E-state index contributed by atoms with van der Waals surface area (Å²) in [6.07, 6.45) is 8.94. The third-order valence-electron chi connectivity index (χ3n) is 5.17. The fourth-order valence-corrected chi connectivity index (χ4v) is 3.95. The van der Waals surface area contributed by atoms with Crippen LogP contribution in [-0.2, 0) is 27.9 Å². The monoisotopic (exact) mass is 335 g/mol. The number of hydrogen-bond acceptors (Lipinski definition) is 5. The topological polar surface area (TPSA) is 56.6 Å². The van der Waals surface area contributed by atoms with E-state index in [0.717, 1.165) is 19.6 Å². The molecule has 1 aliphatic heterocycles. The first-order chi connectivity index (χ1) is 11.7. The van der Waals surface area contributed by atoms with E-state index in [2.05, 4.69) is 11.1 Å². The minimum atomic E-state index is -0.203. The molecule has 1 saturated heterocycles. The van der Waals surface area contributed by atoms with Crippen molar-refractivity contribution in [3.63, 3.8) is 0 Å². The van der Waals surface area contributed by atoms with Gasteiger partial charge in [-0.1, -0.05) is 19.3 Å². The number of morpholine rings is 1. The van der Waals surface area contributed by atoms with Gasteiger partial charge in [-0.3, -0.25) is 14.4 Å². The Morgan fingerprint density at radius 3 is 2.92 bits per heavy atom. The lowest BCUT2D eigenvalue weighted by atomic mass is 9.85. The molecule has 0 N–H and O–H groups in total. The van der Waals surface area contributed by atoms with E-state index in [1.165, 1.54) is 50.5 Å². The Morgan fingerprint density at radius 1 is 1.38 bits per heavy atom. The molecule has 2 aliphatic rings. The summed E-state index contributed by atoms with van der Waals surface area (Å²) < 4.78 is 12.4. The van der Waals surface area contributed by atoms with E-state index in [4.69, 9.17) is 14.6 Å². The second-order valence-corrected chi connectivity index (χ2v) is 7.06. The zero-order chi connectivity index (χ0) is 16.9. The van der Waals surface area contributed by atoms with Gasteiger partial charge in [0.2, 0.25) is 0 Å². The molecule has 0 amide bonds. The van der Waals surface area contributed by atoms with Crippen LogP contribution >= 0.6 is 0 Å². The summed E-state index contributed by atoms with van der Waals surface area (Å²) in [5.41, 5.74) is 2.62. The summed E-state index contributed by atoms with van der Waals surface area (Å²) in [6, 6.07) is 0. The second kappa shape index (κ2) is 8.12. The molecule has 2 fully saturated rings. The number of methoxy groups -OCH3 is 1. The van der Waals surface area contributed by atoms with Crippen LogP contribution in [0.25, 0.3) is 0 Å². The first-order valence-electron chi connectivity index (χ1n) is 9.09. The number of rotatable bonds is 5. The van der Waals surface area contributed by atoms with Crippen molar-refractivity contribution in [1.82, 2.24) is 14.7 Å². The average Bonchev–Trinajstić information content (AvgIpc) is 2.96. The number of esters is 1. The highest BCUT2D eigenvalue weighted by atomic mass is 16.5. The highest BCUT2D eigenvalue weighted by molar-refractivity contribution is 5.69. The molecule has 0 aromatic carbocycles. The van der Waals surface area contributed by atoms with Gasteiger partial charge >= 0.3 is 5.97 Å². The smallest absolute Gasteiger partial charge is 0.308 e. The first kappa shape index (κ1) is 17.4. The van der Waals surface area contributed by atoms with Crippen LogP contribution in [0.1, 0.15) is 55.7 Å². The summed E-state index contributed by atoms with van der Waals surface area (Å²) in [5.74, 6) is 0.410. The van der Waals surface area contributed by atoms with Crippen molar-refractivity contribution >= 4 is 5.97 Å². The Bertz CT molecular complexity index is 552. The van der Waals surface area contributed by atoms with Gasteiger partial charge in [-0.15, -0.1) is 0 Å². The standard InChI is InChI=1S/C18H29N3O3/c1-20-11-15(18(19-20)14-6-4-3-5-7-14)12-21-8-9-24-16(13-21)10-17(22)23-2/h11,14,16H,3-10,12-13H2,1-2H3/t16-/m1/s1. The lowest BCUT2D eigenvalue weighted by Gasteiger charge is -2.32. The van der Waals surface area contributed by atoms with Gasteiger partial charge in [0.1, 0.15) is 0 Å². The van der Waals surface area contributed by atoms with Gasteiger partial charge in [0.05, 0.1) is 31.9 Å². The molecule has 1 aromatic heterocycles. The van der Waals surface area contributed by atoms with Gasteiger partial charge in [-0.2, -0.15) is 5.10 Å². The Kier molecular flexibility index (Phi) is 5.89. The number of nitrogens with zero attached hydrogens (tertiary/aromatic N) is 3. The molecule has 1 aliphatic carbocycles. The Labute approximate surface area is 144 Å². The van der Waals surface area contributed by atoms with E-state index >= 15 is 0 Å². The third kappa shape index (κ3) is 4.36. The summed E-state index contributed by atoms with van der Waals surface area (Å²) in [7, 11) is 3.43. The van der Waals surface area contributed by atoms with Crippen molar-refractivity contribution in [2.75, 3.05) is 26.8 Å². The maximum Gasteiger partial charge on any atom is 0.308 e. The van der Waals surface area contributed by atoms with Crippen molar-refractivity contribution in [3.8, 4) is 0 Å². The molecule has 0 radical (unpaired) electrons. The quantitative estimate of drug-likeness (QED) is 0.773. The number of hydrogen-bond donors (Lipinski definition) is 0. The molecule has 134 valence electrons. The molecule has 1 aromatic rings. The van der Waals surface area contributed by atoms with Crippen LogP contribution in [0, 0.1) is 0 Å². The molecule has 2 heterocycles. The molecule has 0 spiro atoms. The van der Waals surface area contributed by atoms with Crippen molar-refractivity contribution in [3.05, 3.63) is 17.5 Å². The van der Waals surface area contributed by atoms with Crippen molar-refractivity contribution < 1.29 is 14.3 Å². The number of aryl methyl sites for hydroxylation is 1. The second-order valence-electron chi connectivity index (χ2n) is 7.06. The van der Waals surface area contributed by atoms with E-state index in [9.17, 15) is 4.79 Å². The van der Waals surface area contributed by atoms with Crippen molar-refractivity contribution in [2.24, 2.45) is 7.05 Å². The van der Waals surface area contributed by atoms with E-state index in [1.807, 2.05) is 11.7 Å². The molecular formula is C18H29N3O3. The minimum Gasteiger partial charge on any atom is -0.469 e. The van der Waals surface area contributed by atoms with Crippen LogP contribution < -0.4 is 0 Å². The van der Waals surface area contributed by atoms with Crippen molar-refractivity contribution in [2.45, 2.75) is 57.1 Å². The Balaban J connectivity index is 1.63. The predicted molar refractivity (Wildman–Crippen MR) is 90.7 cm³/mol. The molecule has 6 nitrogen and oxygen atoms in total. The van der Waals surface area contributed by atoms with Crippen LogP contribution in [0.5, 0.6) is 0 Å². The van der Waals surface area contributed by atoms with Gasteiger partial charge in [0.15, 0.2) is 0 Å². The van der Waals surface area contributed by atoms with Gasteiger partial charge in [-0.05, 0) is 12.8 Å². The van der Waals surface area contributed by atoms with Crippen LogP contribution in [-0.4, -0.2) is 53.6 Å². The fourth-order valence-electron chi connectivity index (χ4n) is 3.95. The largest absolute Gasteiger partial charge is 0.469 e. The summed E-state index contributed by atoms with van der Waals surface area (Å²) in [6.45, 7) is 3.23. The van der Waals surface area contributed by atoms with Crippen LogP contribution in [0.4, 0.5) is 0 Å². The van der Waals surface area contributed by atoms with E-state index in [1.54, 1.807) is 0 Å². The lowest BCUT2D eigenvalue weighted by molar-refractivity contribution is -0.145. The van der Waals surface area contributed by atoms with Crippen molar-refractivity contribution in [1.29, 1.82) is 0 Å². The Morgan fingerprint density at radius 2 is 2.17 bits per heavy atom. The first-order valence-corrected chi connectivity index (χ1v) is 9.09. The summed E-state index contributed by atoms with van der Waals surface area (Å²) in [4.78, 5) is 13.9. The third-order valence-corrected chi connectivity index (χ3v) is 5.17. The molecule has 3 rings (SSSR count). The van der Waals surface area contributed by atoms with Gasteiger partial charge in [-0.25, -0.2) is 0 Å². The average molecular weight is 335 g/mol. The highest BCUT2D eigenvalue weighted by Crippen LogP contribution is 2.34. The number of ether oxygens (including phenoxy) is 2. The van der Waals surface area contributed by atoms with Crippen LogP contribution in [0.15, 0.2) is 6.20 Å². The number of carbonyl (C=O) groups excluding carboxylic acids is 1. The lowest BCUT2D eigenvalue weighted by Crippen LogP contribution is -2.43. The summed E-state index contributed by atoms with van der Waals surface area (Å²) >= 11 is 0. The maximum absolute atomic E-state index is 11.5. The Hall–Kier alpha value is -1.40. The normalized spacial score (nSPS) is 23.3. The SMILES string of the molecule is COC(=O)C[C@@H]1CN(Cc2cn(C)nc2C2CCCCC2)CCO1. The highest BCUT2D eigenvalue weighted by Gasteiger charge is 2.26. The van der Waals surface area contributed by atoms with E-state index in [0.29, 0.717) is 18.9 Å². The zero-order valence-electron chi connectivity index (χ0n) is 14.9. The molecular weight excluding hydrogens is 306 g/mol.